The fourth-order valence-corrected chi connectivity index (χ4v) is 4.19. The van der Waals surface area contributed by atoms with Gasteiger partial charge in [0.05, 0.1) is 0 Å². The van der Waals surface area contributed by atoms with Crippen LogP contribution < -0.4 is 10.6 Å². The third-order valence-electron chi connectivity index (χ3n) is 6.36. The number of rotatable bonds is 7. The Morgan fingerprint density at radius 2 is 1.56 bits per heavy atom. The zero-order valence-corrected chi connectivity index (χ0v) is 18.2. The molecule has 2 aliphatic rings. The van der Waals surface area contributed by atoms with Crippen LogP contribution >= 0.6 is 0 Å². The molecule has 2 aromatic carbocycles. The predicted octanol–water partition coefficient (Wildman–Crippen LogP) is 3.83. The molecule has 2 aromatic rings. The lowest BCUT2D eigenvalue weighted by Crippen LogP contribution is -2.67. The van der Waals surface area contributed by atoms with Crippen LogP contribution in [0.3, 0.4) is 0 Å². The molecular formula is C24H23F3N2O5. The van der Waals surface area contributed by atoms with E-state index in [-0.39, 0.29) is 12.5 Å². The van der Waals surface area contributed by atoms with Crippen LogP contribution in [0.5, 0.6) is 0 Å². The molecule has 2 aliphatic carbocycles. The van der Waals surface area contributed by atoms with E-state index in [1.807, 2.05) is 53.8 Å². The Bertz CT molecular complexity index is 1090. The van der Waals surface area contributed by atoms with Crippen molar-refractivity contribution in [2.75, 3.05) is 6.61 Å². The summed E-state index contributed by atoms with van der Waals surface area (Å²) in [6.45, 7) is 0.241. The quantitative estimate of drug-likeness (QED) is 0.564. The molecule has 2 unspecified atom stereocenters. The zero-order chi connectivity index (χ0) is 24.7. The van der Waals surface area contributed by atoms with Crippen molar-refractivity contribution in [2.24, 2.45) is 5.92 Å². The first-order chi connectivity index (χ1) is 16.0. The van der Waals surface area contributed by atoms with Gasteiger partial charge in [-0.15, -0.1) is 0 Å². The first-order valence-electron chi connectivity index (χ1n) is 10.8. The maximum Gasteiger partial charge on any atom is 0.420 e. The molecule has 3 N–H and O–H groups in total. The maximum atomic E-state index is 13.8. The van der Waals surface area contributed by atoms with Crippen LogP contribution in [0, 0.1) is 5.92 Å². The van der Waals surface area contributed by atoms with Crippen LogP contribution in [-0.2, 0) is 14.3 Å². The molecule has 0 radical (unpaired) electrons. The van der Waals surface area contributed by atoms with E-state index < -0.39 is 41.6 Å². The summed E-state index contributed by atoms with van der Waals surface area (Å²) in [6, 6.07) is 13.5. The highest BCUT2D eigenvalue weighted by Gasteiger charge is 2.59. The fraction of sp³-hybridized carbons (Fsp3) is 0.375. The van der Waals surface area contributed by atoms with Crippen LogP contribution in [0.25, 0.3) is 11.1 Å². The number of nitrogens with one attached hydrogen (secondary N) is 2. The van der Waals surface area contributed by atoms with Crippen molar-refractivity contribution in [1.29, 1.82) is 0 Å². The van der Waals surface area contributed by atoms with Crippen molar-refractivity contribution in [1.82, 2.24) is 10.6 Å². The Labute approximate surface area is 193 Å². The van der Waals surface area contributed by atoms with Gasteiger partial charge in [0.25, 0.3) is 5.91 Å². The van der Waals surface area contributed by atoms with E-state index in [9.17, 15) is 32.7 Å². The molecule has 180 valence electrons. The molecular weight excluding hydrogens is 453 g/mol. The molecule has 0 aromatic heterocycles. The number of hydrogen-bond donors (Lipinski definition) is 3. The first kappa shape index (κ1) is 23.6. The van der Waals surface area contributed by atoms with Gasteiger partial charge in [-0.25, -0.2) is 9.59 Å². The molecule has 0 spiro atoms. The highest BCUT2D eigenvalue weighted by molar-refractivity contribution is 5.93. The molecule has 2 amide bonds. The van der Waals surface area contributed by atoms with Crippen molar-refractivity contribution in [3.8, 4) is 11.1 Å². The number of fused-ring (bicyclic) bond motifs is 3. The largest absolute Gasteiger partial charge is 0.480 e. The number of benzene rings is 2. The highest BCUT2D eigenvalue weighted by Crippen LogP contribution is 2.44. The Morgan fingerprint density at radius 1 is 1.03 bits per heavy atom. The number of carbonyl (C=O) groups is 3. The second-order valence-corrected chi connectivity index (χ2v) is 8.70. The van der Waals surface area contributed by atoms with Gasteiger partial charge in [-0.05, 0) is 47.9 Å². The van der Waals surface area contributed by atoms with E-state index in [1.54, 1.807) is 5.32 Å². The van der Waals surface area contributed by atoms with Crippen LogP contribution in [0.4, 0.5) is 18.0 Å². The summed E-state index contributed by atoms with van der Waals surface area (Å²) in [5.74, 6) is -3.90. The summed E-state index contributed by atoms with van der Waals surface area (Å²) in [6.07, 6.45) is -5.66. The van der Waals surface area contributed by atoms with Crippen LogP contribution in [0.2, 0.25) is 0 Å². The van der Waals surface area contributed by atoms with E-state index in [1.165, 1.54) is 0 Å². The van der Waals surface area contributed by atoms with Gasteiger partial charge in [0.1, 0.15) is 12.6 Å². The second-order valence-electron chi connectivity index (χ2n) is 8.70. The first-order valence-corrected chi connectivity index (χ1v) is 10.8. The minimum Gasteiger partial charge on any atom is -0.480 e. The number of carbonyl (C=O) groups excluding carboxylic acids is 2. The van der Waals surface area contributed by atoms with E-state index in [0.29, 0.717) is 19.8 Å². The lowest BCUT2D eigenvalue weighted by Gasteiger charge is -2.32. The predicted molar refractivity (Wildman–Crippen MR) is 115 cm³/mol. The summed E-state index contributed by atoms with van der Waals surface area (Å²) in [5, 5.41) is 12.8. The van der Waals surface area contributed by atoms with Gasteiger partial charge < -0.3 is 15.2 Å². The number of carboxylic acid groups (broad SMARTS) is 1. The number of alkyl carbamates (subject to hydrolysis) is 1. The Hall–Kier alpha value is -3.56. The molecule has 4 rings (SSSR count). The van der Waals surface area contributed by atoms with Gasteiger partial charge in [0.15, 0.2) is 0 Å². The van der Waals surface area contributed by atoms with Crippen LogP contribution in [-0.4, -0.2) is 47.4 Å². The fourth-order valence-electron chi connectivity index (χ4n) is 4.19. The summed E-state index contributed by atoms with van der Waals surface area (Å²) in [7, 11) is 0. The third kappa shape index (κ3) is 4.32. The number of carboxylic acids is 1. The van der Waals surface area contributed by atoms with E-state index >= 15 is 0 Å². The number of halogens is 3. The van der Waals surface area contributed by atoms with Gasteiger partial charge in [-0.3, -0.25) is 10.1 Å². The molecule has 34 heavy (non-hydrogen) atoms. The number of aliphatic carboxylic acids is 1. The average molecular weight is 476 g/mol. The number of hydrogen-bond acceptors (Lipinski definition) is 4. The number of ether oxygens (including phenoxy) is 1. The van der Waals surface area contributed by atoms with E-state index in [0.717, 1.165) is 22.3 Å². The topological polar surface area (TPSA) is 105 Å². The highest BCUT2D eigenvalue weighted by atomic mass is 19.4. The second kappa shape index (κ2) is 8.66. The number of alkyl halides is 3. The van der Waals surface area contributed by atoms with Crippen molar-refractivity contribution in [3.63, 3.8) is 0 Å². The van der Waals surface area contributed by atoms with Crippen molar-refractivity contribution in [2.45, 2.75) is 43.4 Å². The average Bonchev–Trinajstić information content (AvgIpc) is 3.57. The van der Waals surface area contributed by atoms with Gasteiger partial charge in [0, 0.05) is 5.92 Å². The molecule has 7 nitrogen and oxygen atoms in total. The molecule has 0 aliphatic heterocycles. The molecule has 0 bridgehead atoms. The lowest BCUT2D eigenvalue weighted by molar-refractivity contribution is -0.195. The summed E-state index contributed by atoms with van der Waals surface area (Å²) in [5.41, 5.74) is 0.277. The van der Waals surface area contributed by atoms with Crippen molar-refractivity contribution >= 4 is 18.0 Å². The van der Waals surface area contributed by atoms with E-state index in [4.69, 9.17) is 4.74 Å². The standard InChI is InChI=1S/C24H23F3N2O5/c1-23(24(25,26)27,21(32)28-19(20(30)31)13-10-11-13)29-22(33)34-12-18-16-8-4-2-6-14(16)15-7-3-5-9-17(15)18/h2-9,13,18-19H,10-12H2,1H3,(H,28,32)(H,29,33)(H,30,31). The third-order valence-corrected chi connectivity index (χ3v) is 6.36. The summed E-state index contributed by atoms with van der Waals surface area (Å²) < 4.78 is 46.7. The minimum absolute atomic E-state index is 0.241. The molecule has 0 heterocycles. The Balaban J connectivity index is 1.48. The van der Waals surface area contributed by atoms with Gasteiger partial charge in [-0.2, -0.15) is 13.2 Å². The normalized spacial score (nSPS) is 17.6. The van der Waals surface area contributed by atoms with Crippen molar-refractivity contribution < 1.29 is 37.4 Å². The summed E-state index contributed by atoms with van der Waals surface area (Å²) >= 11 is 0. The smallest absolute Gasteiger partial charge is 0.420 e. The van der Waals surface area contributed by atoms with Crippen LogP contribution in [0.1, 0.15) is 36.8 Å². The monoisotopic (exact) mass is 476 g/mol. The maximum absolute atomic E-state index is 13.8. The minimum atomic E-state index is -5.20. The van der Waals surface area contributed by atoms with E-state index in [2.05, 4.69) is 0 Å². The van der Waals surface area contributed by atoms with Crippen LogP contribution in [0.15, 0.2) is 48.5 Å². The van der Waals surface area contributed by atoms with Gasteiger partial charge in [-0.1, -0.05) is 48.5 Å². The molecule has 1 saturated carbocycles. The SMILES string of the molecule is CC(NC(=O)OCC1c2ccccc2-c2ccccc21)(C(=O)NC(C(=O)O)C1CC1)C(F)(F)F. The Morgan fingerprint density at radius 3 is 2.03 bits per heavy atom. The van der Waals surface area contributed by atoms with Gasteiger partial charge in [0.2, 0.25) is 5.54 Å². The van der Waals surface area contributed by atoms with Gasteiger partial charge >= 0.3 is 18.2 Å². The lowest BCUT2D eigenvalue weighted by atomic mass is 9.98. The Kier molecular flexibility index (Phi) is 6.01. The molecule has 1 fully saturated rings. The van der Waals surface area contributed by atoms with Crippen molar-refractivity contribution in [3.05, 3.63) is 59.7 Å². The molecule has 0 saturated heterocycles. The summed E-state index contributed by atoms with van der Waals surface area (Å²) in [4.78, 5) is 36.3. The molecule has 2 atom stereocenters. The molecule has 10 heteroatoms. The zero-order valence-electron chi connectivity index (χ0n) is 18.2. The number of amides is 2.